The Balaban J connectivity index is 0. The van der Waals surface area contributed by atoms with Crippen molar-refractivity contribution in [1.82, 2.24) is 0 Å². The predicted octanol–water partition coefficient (Wildman–Crippen LogP) is -2.94. The van der Waals surface area contributed by atoms with E-state index in [1.165, 1.54) is 0 Å². The molecule has 0 amide bonds. The fourth-order valence-corrected chi connectivity index (χ4v) is 0. The molecule has 0 fully saturated rings. The maximum Gasteiger partial charge on any atom is 0.282 e. The van der Waals surface area contributed by atoms with Crippen molar-refractivity contribution in [3.8, 4) is 0 Å². The Morgan fingerprint density at radius 1 is 1.40 bits per heavy atom. The minimum atomic E-state index is -2.60. The van der Waals surface area contributed by atoms with Crippen LogP contribution in [0.4, 0.5) is 0 Å². The maximum absolute atomic E-state index is 8.52. The predicted molar refractivity (Wildman–Crippen MR) is 2.22 cm³/mol. The van der Waals surface area contributed by atoms with Crippen LogP contribution in [0.25, 0.3) is 0 Å². The molecule has 0 aliphatic rings. The smallest absolute Gasteiger partial charge is 0.282 e. The van der Waals surface area contributed by atoms with Crippen LogP contribution >= 0.6 is 0 Å². The van der Waals surface area contributed by atoms with Gasteiger partial charge in [-0.1, -0.05) is 0 Å². The van der Waals surface area contributed by atoms with Gasteiger partial charge in [-0.2, -0.15) is 0 Å². The van der Waals surface area contributed by atoms with E-state index in [1.807, 2.05) is 0 Å². The molecule has 0 heterocycles. The SMILES string of the molecule is [Au].[O-][Cl+2]([O-])O. The Kier molecular flexibility index (Phi) is 9.15. The van der Waals surface area contributed by atoms with Crippen LogP contribution in [0.5, 0.6) is 0 Å². The molecule has 0 aromatic carbocycles. The molecule has 0 aromatic rings. The van der Waals surface area contributed by atoms with Gasteiger partial charge in [0, 0.05) is 27.0 Å². The zero-order chi connectivity index (χ0) is 3.58. The average Bonchev–Trinajstić information content (AvgIpc) is 0.811. The van der Waals surface area contributed by atoms with Gasteiger partial charge in [0.05, 0.1) is 0 Å². The molecule has 3 nitrogen and oxygen atoms in total. The molecule has 5 heavy (non-hydrogen) atoms. The maximum atomic E-state index is 8.52. The number of halogens is 1. The number of hydrogen-bond acceptors (Lipinski definition) is 3. The Morgan fingerprint density at radius 3 is 1.40 bits per heavy atom. The molecule has 0 rings (SSSR count). The van der Waals surface area contributed by atoms with E-state index < -0.39 is 10.8 Å². The first kappa shape index (κ1) is 9.32. The van der Waals surface area contributed by atoms with Crippen molar-refractivity contribution in [3.05, 3.63) is 0 Å². The summed E-state index contributed by atoms with van der Waals surface area (Å²) in [7, 11) is -2.60. The molecule has 0 saturated carbocycles. The van der Waals surface area contributed by atoms with Gasteiger partial charge < -0.3 is 9.32 Å². The zero-order valence-corrected chi connectivity index (χ0v) is 4.87. The second-order valence-corrected chi connectivity index (χ2v) is 0.603. The molecular formula is HAuClO3. The van der Waals surface area contributed by atoms with Crippen LogP contribution in [0, 0.1) is 10.8 Å². The molecule has 0 unspecified atom stereocenters. The first-order chi connectivity index (χ1) is 1.73. The summed E-state index contributed by atoms with van der Waals surface area (Å²) in [4.78, 5) is 0. The Hall–Kier alpha value is 0.910. The van der Waals surface area contributed by atoms with Crippen molar-refractivity contribution >= 4 is 0 Å². The molecule has 0 atom stereocenters. The number of rotatable bonds is 0. The molecule has 0 bridgehead atoms. The van der Waals surface area contributed by atoms with Gasteiger partial charge in [0.25, 0.3) is 10.8 Å². The van der Waals surface area contributed by atoms with Gasteiger partial charge in [-0.25, -0.2) is 0 Å². The normalized spacial score (nSPS) is 7.20. The van der Waals surface area contributed by atoms with Gasteiger partial charge in [0.1, 0.15) is 0 Å². The van der Waals surface area contributed by atoms with E-state index in [0.717, 1.165) is 0 Å². The monoisotopic (exact) mass is 281 g/mol. The summed E-state index contributed by atoms with van der Waals surface area (Å²) in [6, 6.07) is 0. The summed E-state index contributed by atoms with van der Waals surface area (Å²) in [5.74, 6) is 0. The molecule has 1 radical (unpaired) electrons. The summed E-state index contributed by atoms with van der Waals surface area (Å²) >= 11 is 0. The molecule has 0 saturated heterocycles. The van der Waals surface area contributed by atoms with Crippen LogP contribution < -0.4 is 9.32 Å². The van der Waals surface area contributed by atoms with Gasteiger partial charge >= 0.3 is 0 Å². The fraction of sp³-hybridized carbons (Fsp3) is 0. The summed E-state index contributed by atoms with van der Waals surface area (Å²) in [6.45, 7) is 0. The van der Waals surface area contributed by atoms with E-state index in [1.54, 1.807) is 0 Å². The van der Waals surface area contributed by atoms with E-state index in [4.69, 9.17) is 14.0 Å². The van der Waals surface area contributed by atoms with Gasteiger partial charge in [-0.3, -0.25) is 0 Å². The summed E-state index contributed by atoms with van der Waals surface area (Å²) < 4.78 is 24.0. The molecule has 5 heteroatoms. The molecule has 0 aromatic heterocycles. The van der Waals surface area contributed by atoms with Gasteiger partial charge in [0.15, 0.2) is 0 Å². The van der Waals surface area contributed by atoms with Crippen LogP contribution in [0.1, 0.15) is 0 Å². The molecule has 0 aliphatic heterocycles. The van der Waals surface area contributed by atoms with E-state index in [-0.39, 0.29) is 22.4 Å². The van der Waals surface area contributed by atoms with Crippen molar-refractivity contribution in [2.45, 2.75) is 0 Å². The van der Waals surface area contributed by atoms with Crippen molar-refractivity contribution < 1.29 is 47.1 Å². The van der Waals surface area contributed by atoms with E-state index in [2.05, 4.69) is 0 Å². The third-order valence-corrected chi connectivity index (χ3v) is 0. The molecule has 0 aliphatic carbocycles. The van der Waals surface area contributed by atoms with Crippen molar-refractivity contribution in [3.63, 3.8) is 0 Å². The molecule has 1 N–H and O–H groups in total. The second-order valence-electron chi connectivity index (χ2n) is 0.201. The van der Waals surface area contributed by atoms with Crippen molar-refractivity contribution in [2.75, 3.05) is 0 Å². The van der Waals surface area contributed by atoms with Gasteiger partial charge in [-0.15, -0.1) is 0 Å². The van der Waals surface area contributed by atoms with Gasteiger partial charge in [-0.05, 0) is 0 Å². The number of hydrogen-bond donors (Lipinski definition) is 1. The average molecular weight is 281 g/mol. The van der Waals surface area contributed by atoms with Crippen molar-refractivity contribution in [1.29, 1.82) is 0 Å². The van der Waals surface area contributed by atoms with Crippen LogP contribution in [-0.4, -0.2) is 4.66 Å². The largest absolute Gasteiger partial charge is 0.321 e. The minimum Gasteiger partial charge on any atom is -0.321 e. The topological polar surface area (TPSA) is 66.3 Å². The molecular weight excluding hydrogens is 280 g/mol. The van der Waals surface area contributed by atoms with Crippen LogP contribution in [0.15, 0.2) is 0 Å². The first-order valence-electron chi connectivity index (χ1n) is 0.478. The Labute approximate surface area is 47.5 Å². The fourth-order valence-electron chi connectivity index (χ4n) is 0. The molecule has 0 spiro atoms. The van der Waals surface area contributed by atoms with E-state index in [0.29, 0.717) is 0 Å². The molecule has 37 valence electrons. The Bertz CT molecular complexity index is 11.6. The summed E-state index contributed by atoms with van der Waals surface area (Å²) in [5, 5.41) is 0. The Morgan fingerprint density at radius 2 is 1.40 bits per heavy atom. The zero-order valence-electron chi connectivity index (χ0n) is 1.94. The van der Waals surface area contributed by atoms with E-state index >= 15 is 0 Å². The first-order valence-corrected chi connectivity index (χ1v) is 1.43. The third-order valence-electron chi connectivity index (χ3n) is 0. The third kappa shape index (κ3) is 50.2. The quantitative estimate of drug-likeness (QED) is 0.483. The standard InChI is InChI=1S/Au.ClHO3/c;2-1(3)4/h;2H. The second kappa shape index (κ2) is 4.91. The van der Waals surface area contributed by atoms with E-state index in [9.17, 15) is 0 Å². The van der Waals surface area contributed by atoms with Crippen LogP contribution in [0.2, 0.25) is 0 Å². The van der Waals surface area contributed by atoms with Crippen LogP contribution in [0.3, 0.4) is 0 Å². The van der Waals surface area contributed by atoms with Crippen molar-refractivity contribution in [2.24, 2.45) is 0 Å². The van der Waals surface area contributed by atoms with Crippen LogP contribution in [-0.2, 0) is 22.4 Å². The summed E-state index contributed by atoms with van der Waals surface area (Å²) in [6.07, 6.45) is 0. The van der Waals surface area contributed by atoms with Gasteiger partial charge in [0.2, 0.25) is 0 Å². The minimum absolute atomic E-state index is 0. The summed E-state index contributed by atoms with van der Waals surface area (Å²) in [5.41, 5.74) is 0.